The van der Waals surface area contributed by atoms with Crippen LogP contribution in [0, 0.1) is 0 Å². The molecule has 4 nitrogen and oxygen atoms in total. The molecule has 5 heteroatoms. The minimum absolute atomic E-state index is 0.0377. The summed E-state index contributed by atoms with van der Waals surface area (Å²) in [5, 5.41) is 3.46. The molecule has 0 saturated carbocycles. The molecule has 2 aromatic rings. The molecule has 1 aromatic heterocycles. The van der Waals surface area contributed by atoms with E-state index in [0.29, 0.717) is 5.56 Å². The maximum atomic E-state index is 11.9. The Morgan fingerprint density at radius 1 is 1.33 bits per heavy atom. The smallest absolute Gasteiger partial charge is 0.233 e. The summed E-state index contributed by atoms with van der Waals surface area (Å²) in [5.41, 5.74) is 6.28. The second kappa shape index (κ2) is 3.86. The number of nitrogens with two attached hydrogens (primary N) is 1. The van der Waals surface area contributed by atoms with Gasteiger partial charge in [-0.15, -0.1) is 0 Å². The molecule has 1 aromatic carbocycles. The van der Waals surface area contributed by atoms with Crippen molar-refractivity contribution < 1.29 is 9.32 Å². The van der Waals surface area contributed by atoms with Gasteiger partial charge in [0.15, 0.2) is 0 Å². The van der Waals surface area contributed by atoms with Gasteiger partial charge in [0, 0.05) is 10.0 Å². The number of nitrogen functional groups attached to an aromatic ring is 1. The van der Waals surface area contributed by atoms with Gasteiger partial charge >= 0.3 is 0 Å². The van der Waals surface area contributed by atoms with Gasteiger partial charge in [0.25, 0.3) is 0 Å². The molecule has 0 aliphatic carbocycles. The molecular weight excluding hydrogens is 260 g/mol. The molecule has 0 amide bonds. The van der Waals surface area contributed by atoms with Crippen LogP contribution < -0.4 is 5.73 Å². The number of aromatic nitrogens is 1. The first-order valence-electron chi connectivity index (χ1n) is 4.19. The van der Waals surface area contributed by atoms with Crippen molar-refractivity contribution in [2.24, 2.45) is 0 Å². The monoisotopic (exact) mass is 266 g/mol. The van der Waals surface area contributed by atoms with Crippen molar-refractivity contribution in [3.05, 3.63) is 46.1 Å². The third kappa shape index (κ3) is 1.78. The highest BCUT2D eigenvalue weighted by molar-refractivity contribution is 9.10. The number of rotatable bonds is 2. The second-order valence-corrected chi connectivity index (χ2v) is 3.77. The number of hydrogen-bond donors (Lipinski definition) is 1. The average molecular weight is 267 g/mol. The molecule has 0 bridgehead atoms. The Morgan fingerprint density at radius 3 is 2.67 bits per heavy atom. The Balaban J connectivity index is 2.46. The standard InChI is InChI=1S/C10H7BrN2O2/c11-8-4-2-1-3-6(8)9(14)7-5-13-15-10(7)12/h1-5H,12H2. The number of halogens is 1. The van der Waals surface area contributed by atoms with Crippen LogP contribution in [0.5, 0.6) is 0 Å². The highest BCUT2D eigenvalue weighted by Crippen LogP contribution is 2.22. The van der Waals surface area contributed by atoms with E-state index in [-0.39, 0.29) is 17.2 Å². The topological polar surface area (TPSA) is 69.1 Å². The summed E-state index contributed by atoms with van der Waals surface area (Å²) in [6.45, 7) is 0. The van der Waals surface area contributed by atoms with Crippen LogP contribution in [0.3, 0.4) is 0 Å². The lowest BCUT2D eigenvalue weighted by atomic mass is 10.1. The molecule has 0 aliphatic rings. The predicted molar refractivity (Wildman–Crippen MR) is 58.5 cm³/mol. The molecule has 2 rings (SSSR count). The van der Waals surface area contributed by atoms with Gasteiger partial charge in [0.2, 0.25) is 11.7 Å². The van der Waals surface area contributed by atoms with Crippen LogP contribution in [0.1, 0.15) is 15.9 Å². The zero-order chi connectivity index (χ0) is 10.8. The first-order valence-corrected chi connectivity index (χ1v) is 4.99. The number of hydrogen-bond acceptors (Lipinski definition) is 4. The fourth-order valence-corrected chi connectivity index (χ4v) is 1.67. The maximum Gasteiger partial charge on any atom is 0.233 e. The zero-order valence-electron chi connectivity index (χ0n) is 7.61. The fourth-order valence-electron chi connectivity index (χ4n) is 1.21. The van der Waals surface area contributed by atoms with Crippen molar-refractivity contribution >= 4 is 27.6 Å². The summed E-state index contributed by atoms with van der Waals surface area (Å²) in [5.74, 6) is -0.169. The molecule has 0 unspecified atom stereocenters. The highest BCUT2D eigenvalue weighted by Gasteiger charge is 2.17. The Kier molecular flexibility index (Phi) is 2.55. The molecule has 1 heterocycles. The number of carbonyl (C=O) groups excluding carboxylic acids is 1. The molecule has 0 atom stereocenters. The second-order valence-electron chi connectivity index (χ2n) is 2.91. The Labute approximate surface area is 94.2 Å². The van der Waals surface area contributed by atoms with Gasteiger partial charge in [0.1, 0.15) is 5.56 Å². The summed E-state index contributed by atoms with van der Waals surface area (Å²) in [6, 6.07) is 7.11. The van der Waals surface area contributed by atoms with Gasteiger partial charge in [0.05, 0.1) is 6.20 Å². The van der Waals surface area contributed by atoms with E-state index in [9.17, 15) is 4.79 Å². The van der Waals surface area contributed by atoms with Crippen LogP contribution in [0.15, 0.2) is 39.5 Å². The summed E-state index contributed by atoms with van der Waals surface area (Å²) in [4.78, 5) is 11.9. The van der Waals surface area contributed by atoms with Crippen molar-refractivity contribution in [3.63, 3.8) is 0 Å². The van der Waals surface area contributed by atoms with Crippen LogP contribution in [0.25, 0.3) is 0 Å². The van der Waals surface area contributed by atoms with Crippen LogP contribution in [-0.4, -0.2) is 10.9 Å². The molecule has 0 aliphatic heterocycles. The Bertz CT molecular complexity index is 508. The lowest BCUT2D eigenvalue weighted by molar-refractivity contribution is 0.103. The van der Waals surface area contributed by atoms with E-state index in [0.717, 1.165) is 4.47 Å². The SMILES string of the molecule is Nc1oncc1C(=O)c1ccccc1Br. The molecule has 0 radical (unpaired) electrons. The number of ketones is 1. The summed E-state index contributed by atoms with van der Waals surface area (Å²) in [6.07, 6.45) is 1.32. The van der Waals surface area contributed by atoms with Gasteiger partial charge < -0.3 is 10.3 Å². The van der Waals surface area contributed by atoms with Gasteiger partial charge in [-0.1, -0.05) is 33.2 Å². The van der Waals surface area contributed by atoms with E-state index in [1.807, 2.05) is 6.07 Å². The van der Waals surface area contributed by atoms with Crippen molar-refractivity contribution in [2.75, 3.05) is 5.73 Å². The minimum Gasteiger partial charge on any atom is -0.367 e. The molecule has 0 saturated heterocycles. The Hall–Kier alpha value is -1.62. The van der Waals surface area contributed by atoms with Crippen LogP contribution >= 0.6 is 15.9 Å². The van der Waals surface area contributed by atoms with Crippen molar-refractivity contribution in [1.82, 2.24) is 5.16 Å². The molecule has 2 N–H and O–H groups in total. The molecule has 0 spiro atoms. The molecule has 76 valence electrons. The quantitative estimate of drug-likeness (QED) is 0.847. The summed E-state index contributed by atoms with van der Waals surface area (Å²) < 4.78 is 5.36. The van der Waals surface area contributed by atoms with E-state index in [1.165, 1.54) is 6.20 Å². The third-order valence-electron chi connectivity index (χ3n) is 1.96. The van der Waals surface area contributed by atoms with Gasteiger partial charge in [-0.25, -0.2) is 0 Å². The highest BCUT2D eigenvalue weighted by atomic mass is 79.9. The largest absolute Gasteiger partial charge is 0.367 e. The Morgan fingerprint density at radius 2 is 2.07 bits per heavy atom. The van der Waals surface area contributed by atoms with Gasteiger partial charge in [-0.3, -0.25) is 4.79 Å². The van der Waals surface area contributed by atoms with Gasteiger partial charge in [-0.05, 0) is 12.1 Å². The normalized spacial score (nSPS) is 10.2. The van der Waals surface area contributed by atoms with E-state index in [2.05, 4.69) is 25.6 Å². The third-order valence-corrected chi connectivity index (χ3v) is 2.65. The van der Waals surface area contributed by atoms with Crippen LogP contribution in [0.4, 0.5) is 5.88 Å². The van der Waals surface area contributed by atoms with E-state index < -0.39 is 0 Å². The number of nitrogens with zero attached hydrogens (tertiary/aromatic N) is 1. The van der Waals surface area contributed by atoms with E-state index >= 15 is 0 Å². The molecule has 0 fully saturated rings. The molecular formula is C10H7BrN2O2. The summed E-state index contributed by atoms with van der Waals surface area (Å²) >= 11 is 3.29. The number of carbonyl (C=O) groups is 1. The first-order chi connectivity index (χ1) is 7.20. The van der Waals surface area contributed by atoms with Crippen molar-refractivity contribution in [1.29, 1.82) is 0 Å². The fraction of sp³-hybridized carbons (Fsp3) is 0. The number of anilines is 1. The van der Waals surface area contributed by atoms with Crippen LogP contribution in [0.2, 0.25) is 0 Å². The zero-order valence-corrected chi connectivity index (χ0v) is 9.19. The lowest BCUT2D eigenvalue weighted by Gasteiger charge is -2.00. The maximum absolute atomic E-state index is 11.9. The van der Waals surface area contributed by atoms with E-state index in [4.69, 9.17) is 5.73 Å². The summed E-state index contributed by atoms with van der Waals surface area (Å²) in [7, 11) is 0. The first kappa shape index (κ1) is 9.92. The van der Waals surface area contributed by atoms with E-state index in [1.54, 1.807) is 18.2 Å². The van der Waals surface area contributed by atoms with Crippen molar-refractivity contribution in [3.8, 4) is 0 Å². The minimum atomic E-state index is -0.207. The van der Waals surface area contributed by atoms with Gasteiger partial charge in [-0.2, -0.15) is 0 Å². The van der Waals surface area contributed by atoms with Crippen LogP contribution in [-0.2, 0) is 0 Å². The average Bonchev–Trinajstić information content (AvgIpc) is 2.64. The lowest BCUT2D eigenvalue weighted by Crippen LogP contribution is -2.03. The van der Waals surface area contributed by atoms with Crippen molar-refractivity contribution in [2.45, 2.75) is 0 Å². The predicted octanol–water partition coefficient (Wildman–Crippen LogP) is 2.25. The number of benzene rings is 1. The molecule has 15 heavy (non-hydrogen) atoms.